The molecule has 0 fully saturated rings. The number of nitro groups is 1. The van der Waals surface area contributed by atoms with Gasteiger partial charge in [-0.25, -0.2) is 9.59 Å². The molecular weight excluding hydrogens is 402 g/mol. The van der Waals surface area contributed by atoms with Gasteiger partial charge in [-0.15, -0.1) is 0 Å². The van der Waals surface area contributed by atoms with E-state index in [-0.39, 0.29) is 23.5 Å². The summed E-state index contributed by atoms with van der Waals surface area (Å²) in [4.78, 5) is 37.1. The summed E-state index contributed by atoms with van der Waals surface area (Å²) < 4.78 is 10.3. The molecule has 0 unspecified atom stereocenters. The Hall–Kier alpha value is -3.88. The molecular formula is C22H23N3O6. The summed E-state index contributed by atoms with van der Waals surface area (Å²) in [5.74, 6) is -0.757. The van der Waals surface area contributed by atoms with Crippen molar-refractivity contribution in [2.24, 2.45) is 0 Å². The molecule has 0 bridgehead atoms. The highest BCUT2D eigenvalue weighted by Crippen LogP contribution is 2.37. The third-order valence-corrected chi connectivity index (χ3v) is 4.99. The number of benzene rings is 2. The molecule has 0 aliphatic rings. The number of nitrogens with two attached hydrogens (primary N) is 1. The third-order valence-electron chi connectivity index (χ3n) is 4.99. The van der Waals surface area contributed by atoms with E-state index in [1.54, 1.807) is 25.1 Å². The zero-order valence-electron chi connectivity index (χ0n) is 17.5. The van der Waals surface area contributed by atoms with Gasteiger partial charge in [-0.2, -0.15) is 0 Å². The molecule has 2 N–H and O–H groups in total. The van der Waals surface area contributed by atoms with Gasteiger partial charge in [0.05, 0.1) is 11.5 Å². The minimum absolute atomic E-state index is 0.0416. The first-order valence-electron chi connectivity index (χ1n) is 9.88. The number of hydrogen-bond acceptors (Lipinski definition) is 8. The number of carbonyl (C=O) groups is 1. The topological polar surface area (TPSA) is 129 Å². The Labute approximate surface area is 178 Å². The average molecular weight is 425 g/mol. The maximum Gasteiger partial charge on any atom is 0.351 e. The molecule has 0 amide bonds. The lowest BCUT2D eigenvalue weighted by atomic mass is 9.99. The van der Waals surface area contributed by atoms with Crippen LogP contribution in [0.3, 0.4) is 0 Å². The molecule has 0 spiro atoms. The molecule has 1 heterocycles. The van der Waals surface area contributed by atoms with E-state index in [9.17, 15) is 19.7 Å². The number of nitrogen functional groups attached to an aromatic ring is 1. The molecule has 0 saturated heterocycles. The maximum absolute atomic E-state index is 12.3. The molecule has 0 radical (unpaired) electrons. The van der Waals surface area contributed by atoms with E-state index in [1.807, 2.05) is 13.8 Å². The number of nitro benzene ring substituents is 1. The number of ether oxygens (including phenoxy) is 1. The molecule has 2 aromatic carbocycles. The Morgan fingerprint density at radius 1 is 1.16 bits per heavy atom. The van der Waals surface area contributed by atoms with Crippen LogP contribution in [0.25, 0.3) is 22.1 Å². The molecule has 0 aliphatic heterocycles. The lowest BCUT2D eigenvalue weighted by molar-refractivity contribution is -0.383. The molecule has 3 rings (SSSR count). The van der Waals surface area contributed by atoms with Crippen LogP contribution in [0, 0.1) is 10.1 Å². The lowest BCUT2D eigenvalue weighted by Crippen LogP contribution is -2.22. The second-order valence-electron chi connectivity index (χ2n) is 6.78. The minimum Gasteiger partial charge on any atom is -0.462 e. The Bertz CT molecular complexity index is 1210. The monoisotopic (exact) mass is 425 g/mol. The fourth-order valence-corrected chi connectivity index (χ4v) is 3.45. The zero-order valence-corrected chi connectivity index (χ0v) is 17.5. The molecule has 0 saturated carbocycles. The average Bonchev–Trinajstić information content (AvgIpc) is 2.73. The van der Waals surface area contributed by atoms with Crippen molar-refractivity contribution in [2.45, 2.75) is 20.8 Å². The first kappa shape index (κ1) is 21.8. The van der Waals surface area contributed by atoms with Crippen molar-refractivity contribution in [3.05, 3.63) is 62.5 Å². The molecule has 0 atom stereocenters. The predicted octanol–water partition coefficient (Wildman–Crippen LogP) is 3.97. The zero-order chi connectivity index (χ0) is 22.7. The van der Waals surface area contributed by atoms with Crippen LogP contribution in [-0.4, -0.2) is 30.6 Å². The molecule has 1 aromatic heterocycles. The normalized spacial score (nSPS) is 10.8. The number of hydrogen-bond donors (Lipinski definition) is 1. The van der Waals surface area contributed by atoms with Gasteiger partial charge in [-0.1, -0.05) is 0 Å². The van der Waals surface area contributed by atoms with Gasteiger partial charge in [0.2, 0.25) is 0 Å². The molecule has 31 heavy (non-hydrogen) atoms. The van der Waals surface area contributed by atoms with E-state index < -0.39 is 16.5 Å². The highest BCUT2D eigenvalue weighted by atomic mass is 16.6. The van der Waals surface area contributed by atoms with Crippen LogP contribution in [-0.2, 0) is 4.74 Å². The van der Waals surface area contributed by atoms with E-state index in [4.69, 9.17) is 14.9 Å². The van der Waals surface area contributed by atoms with Crippen LogP contribution in [0.5, 0.6) is 0 Å². The van der Waals surface area contributed by atoms with Crippen molar-refractivity contribution < 1.29 is 18.9 Å². The van der Waals surface area contributed by atoms with Gasteiger partial charge in [-0.05, 0) is 50.6 Å². The molecule has 162 valence electrons. The summed E-state index contributed by atoms with van der Waals surface area (Å²) in [6.45, 7) is 7.12. The summed E-state index contributed by atoms with van der Waals surface area (Å²) in [7, 11) is 0. The van der Waals surface area contributed by atoms with Crippen molar-refractivity contribution in [1.82, 2.24) is 0 Å². The van der Waals surface area contributed by atoms with Gasteiger partial charge in [0.15, 0.2) is 0 Å². The smallest absolute Gasteiger partial charge is 0.351 e. The minimum atomic E-state index is -0.774. The Morgan fingerprint density at radius 3 is 2.45 bits per heavy atom. The van der Waals surface area contributed by atoms with Crippen molar-refractivity contribution in [1.29, 1.82) is 0 Å². The number of rotatable bonds is 7. The number of fused-ring (bicyclic) bond motifs is 1. The molecule has 0 aliphatic carbocycles. The number of carbonyl (C=O) groups excluding carboxylic acids is 1. The van der Waals surface area contributed by atoms with Gasteiger partial charge < -0.3 is 19.8 Å². The maximum atomic E-state index is 12.3. The fraction of sp³-hybridized carbons (Fsp3) is 0.273. The highest BCUT2D eigenvalue weighted by molar-refractivity contribution is 5.97. The highest BCUT2D eigenvalue weighted by Gasteiger charge is 2.20. The Morgan fingerprint density at radius 2 is 1.87 bits per heavy atom. The van der Waals surface area contributed by atoms with Gasteiger partial charge in [0, 0.05) is 41.9 Å². The summed E-state index contributed by atoms with van der Waals surface area (Å²) in [6.07, 6.45) is 0. The standard InChI is InChI=1S/C22H23N3O6/c1-4-24(5-2)19-12-20-14(10-16(22(27)31-20)21(26)30-6-3)9-15(19)13-7-8-18(25(28)29)17(23)11-13/h7-12H,4-6,23H2,1-3H3. The molecule has 3 aromatic rings. The number of nitrogens with zero attached hydrogens (tertiary/aromatic N) is 2. The summed E-state index contributed by atoms with van der Waals surface area (Å²) in [5, 5.41) is 11.6. The van der Waals surface area contributed by atoms with Crippen molar-refractivity contribution in [2.75, 3.05) is 30.3 Å². The van der Waals surface area contributed by atoms with E-state index in [0.29, 0.717) is 29.6 Å². The van der Waals surface area contributed by atoms with E-state index >= 15 is 0 Å². The van der Waals surface area contributed by atoms with E-state index in [0.717, 1.165) is 11.3 Å². The first-order valence-corrected chi connectivity index (χ1v) is 9.88. The fourth-order valence-electron chi connectivity index (χ4n) is 3.45. The largest absolute Gasteiger partial charge is 0.462 e. The van der Waals surface area contributed by atoms with Gasteiger partial charge >= 0.3 is 11.6 Å². The van der Waals surface area contributed by atoms with Crippen LogP contribution in [0.1, 0.15) is 31.1 Å². The van der Waals surface area contributed by atoms with Crippen LogP contribution in [0.4, 0.5) is 17.1 Å². The van der Waals surface area contributed by atoms with Crippen LogP contribution in [0.15, 0.2) is 45.6 Å². The summed E-state index contributed by atoms with van der Waals surface area (Å²) in [5.41, 5.74) is 7.29. The van der Waals surface area contributed by atoms with Crippen molar-refractivity contribution in [3.63, 3.8) is 0 Å². The van der Waals surface area contributed by atoms with Crippen LogP contribution < -0.4 is 16.3 Å². The quantitative estimate of drug-likeness (QED) is 0.198. The van der Waals surface area contributed by atoms with Crippen molar-refractivity contribution in [3.8, 4) is 11.1 Å². The Kier molecular flexibility index (Phi) is 6.24. The SMILES string of the molecule is CCOC(=O)c1cc2cc(-c3ccc([N+](=O)[O-])c(N)c3)c(N(CC)CC)cc2oc1=O. The van der Waals surface area contributed by atoms with Gasteiger partial charge in [0.25, 0.3) is 5.69 Å². The molecule has 9 nitrogen and oxygen atoms in total. The lowest BCUT2D eigenvalue weighted by Gasteiger charge is -2.25. The van der Waals surface area contributed by atoms with E-state index in [1.165, 1.54) is 18.2 Å². The van der Waals surface area contributed by atoms with Gasteiger partial charge in [0.1, 0.15) is 16.8 Å². The van der Waals surface area contributed by atoms with Crippen molar-refractivity contribution >= 4 is 34.0 Å². The second kappa shape index (κ2) is 8.86. The summed E-state index contributed by atoms with van der Waals surface area (Å²) >= 11 is 0. The molecule has 9 heteroatoms. The summed E-state index contributed by atoms with van der Waals surface area (Å²) in [6, 6.07) is 9.45. The first-order chi connectivity index (χ1) is 14.8. The second-order valence-corrected chi connectivity index (χ2v) is 6.78. The van der Waals surface area contributed by atoms with Crippen LogP contribution in [0.2, 0.25) is 0 Å². The number of esters is 1. The van der Waals surface area contributed by atoms with Gasteiger partial charge in [-0.3, -0.25) is 10.1 Å². The Balaban J connectivity index is 2.28. The third kappa shape index (κ3) is 4.20. The van der Waals surface area contributed by atoms with Crippen LogP contribution >= 0.6 is 0 Å². The number of anilines is 2. The van der Waals surface area contributed by atoms with E-state index in [2.05, 4.69) is 4.90 Å². The predicted molar refractivity (Wildman–Crippen MR) is 119 cm³/mol.